The maximum atomic E-state index is 5.83. The van der Waals surface area contributed by atoms with Gasteiger partial charge in [-0.15, -0.1) is 10.2 Å². The lowest BCUT2D eigenvalue weighted by Crippen LogP contribution is -2.34. The lowest BCUT2D eigenvalue weighted by Gasteiger charge is -2.32. The fourth-order valence-electron chi connectivity index (χ4n) is 3.51. The maximum absolute atomic E-state index is 5.83. The molecule has 3 heterocycles. The Balaban J connectivity index is 1.43. The normalized spacial score (nSPS) is 18.4. The summed E-state index contributed by atoms with van der Waals surface area (Å²) < 4.78 is 5.83. The number of likely N-dealkylation sites (tertiary alicyclic amines) is 1. The number of rotatable bonds is 4. The van der Waals surface area contributed by atoms with Crippen LogP contribution in [0.15, 0.2) is 53.2 Å². The summed E-state index contributed by atoms with van der Waals surface area (Å²) in [5.74, 6) is 1.79. The van der Waals surface area contributed by atoms with Crippen LogP contribution in [0.25, 0.3) is 11.5 Å². The van der Waals surface area contributed by atoms with Gasteiger partial charge in [-0.2, -0.15) is 0 Å². The molecule has 5 nitrogen and oxygen atoms in total. The molecule has 1 aliphatic heterocycles. The summed E-state index contributed by atoms with van der Waals surface area (Å²) in [5, 5.41) is 8.37. The van der Waals surface area contributed by atoms with Gasteiger partial charge in [0, 0.05) is 18.9 Å². The van der Waals surface area contributed by atoms with Crippen LogP contribution in [0.1, 0.15) is 35.8 Å². The molecule has 1 atom stereocenters. The van der Waals surface area contributed by atoms with Crippen LogP contribution in [-0.2, 0) is 6.54 Å². The number of piperidine rings is 1. The van der Waals surface area contributed by atoms with Gasteiger partial charge in [0.1, 0.15) is 0 Å². The predicted octanol–water partition coefficient (Wildman–Crippen LogP) is 3.82. The molecule has 128 valence electrons. The number of aromatic nitrogens is 3. The van der Waals surface area contributed by atoms with Crippen LogP contribution >= 0.6 is 0 Å². The third-order valence-corrected chi connectivity index (χ3v) is 4.75. The minimum absolute atomic E-state index is 0.537. The molecule has 3 aromatic rings. The lowest BCUT2D eigenvalue weighted by molar-refractivity contribution is 0.184. The highest BCUT2D eigenvalue weighted by molar-refractivity contribution is 5.49. The van der Waals surface area contributed by atoms with Gasteiger partial charge in [0.15, 0.2) is 0 Å². The fourth-order valence-corrected chi connectivity index (χ4v) is 3.51. The van der Waals surface area contributed by atoms with E-state index in [1.165, 1.54) is 24.0 Å². The number of hydrogen-bond acceptors (Lipinski definition) is 5. The van der Waals surface area contributed by atoms with Crippen molar-refractivity contribution in [1.29, 1.82) is 0 Å². The van der Waals surface area contributed by atoms with Gasteiger partial charge >= 0.3 is 0 Å². The molecule has 2 aromatic heterocycles. The Bertz CT molecular complexity index is 830. The summed E-state index contributed by atoms with van der Waals surface area (Å²) in [7, 11) is 0. The van der Waals surface area contributed by atoms with Crippen LogP contribution in [0.3, 0.4) is 0 Å². The molecule has 0 bridgehead atoms. The topological polar surface area (TPSA) is 55.1 Å². The van der Waals surface area contributed by atoms with Gasteiger partial charge in [-0.1, -0.05) is 29.8 Å². The summed E-state index contributed by atoms with van der Waals surface area (Å²) in [6.45, 7) is 4.97. The van der Waals surface area contributed by atoms with Gasteiger partial charge in [0.2, 0.25) is 11.8 Å². The molecule has 0 spiro atoms. The van der Waals surface area contributed by atoms with Crippen LogP contribution in [0.2, 0.25) is 0 Å². The van der Waals surface area contributed by atoms with Crippen LogP contribution in [-0.4, -0.2) is 33.2 Å². The first-order valence-corrected chi connectivity index (χ1v) is 8.79. The van der Waals surface area contributed by atoms with Crippen molar-refractivity contribution in [3.63, 3.8) is 0 Å². The molecule has 5 heteroatoms. The summed E-state index contributed by atoms with van der Waals surface area (Å²) >= 11 is 0. The second-order valence-corrected chi connectivity index (χ2v) is 6.73. The average Bonchev–Trinajstić information content (AvgIpc) is 3.11. The maximum Gasteiger partial charge on any atom is 0.249 e. The van der Waals surface area contributed by atoms with E-state index in [4.69, 9.17) is 4.42 Å². The van der Waals surface area contributed by atoms with Crippen molar-refractivity contribution in [3.05, 3.63) is 65.8 Å². The van der Waals surface area contributed by atoms with Crippen LogP contribution < -0.4 is 0 Å². The highest BCUT2D eigenvalue weighted by Gasteiger charge is 2.23. The van der Waals surface area contributed by atoms with Crippen LogP contribution in [0.4, 0.5) is 0 Å². The molecule has 1 fully saturated rings. The van der Waals surface area contributed by atoms with Gasteiger partial charge in [0.05, 0.1) is 12.1 Å². The number of pyridine rings is 1. The molecule has 0 N–H and O–H groups in total. The van der Waals surface area contributed by atoms with Gasteiger partial charge < -0.3 is 4.42 Å². The van der Waals surface area contributed by atoms with Crippen molar-refractivity contribution in [2.75, 3.05) is 13.1 Å². The third kappa shape index (κ3) is 3.77. The Morgan fingerprint density at radius 1 is 1.20 bits per heavy atom. The van der Waals surface area contributed by atoms with Crippen molar-refractivity contribution in [1.82, 2.24) is 20.1 Å². The Labute approximate surface area is 147 Å². The highest BCUT2D eigenvalue weighted by Crippen LogP contribution is 2.28. The molecule has 0 amide bonds. The van der Waals surface area contributed by atoms with Crippen LogP contribution in [0, 0.1) is 6.92 Å². The van der Waals surface area contributed by atoms with Crippen molar-refractivity contribution < 1.29 is 4.42 Å². The third-order valence-electron chi connectivity index (χ3n) is 4.75. The van der Waals surface area contributed by atoms with E-state index in [0.717, 1.165) is 18.7 Å². The fraction of sp³-hybridized carbons (Fsp3) is 0.350. The molecule has 0 radical (unpaired) electrons. The molecule has 25 heavy (non-hydrogen) atoms. The molecule has 1 saturated heterocycles. The molecule has 4 rings (SSSR count). The van der Waals surface area contributed by atoms with Crippen LogP contribution in [0.5, 0.6) is 0 Å². The Morgan fingerprint density at radius 2 is 2.16 bits per heavy atom. The average molecular weight is 334 g/mol. The first-order valence-electron chi connectivity index (χ1n) is 8.79. The zero-order valence-electron chi connectivity index (χ0n) is 14.4. The zero-order chi connectivity index (χ0) is 17.1. The highest BCUT2D eigenvalue weighted by atomic mass is 16.4. The Hall–Kier alpha value is -2.53. The first kappa shape index (κ1) is 16.0. The van der Waals surface area contributed by atoms with E-state index >= 15 is 0 Å². The number of nitrogens with zero attached hydrogens (tertiary/aromatic N) is 4. The largest absolute Gasteiger partial charge is 0.419 e. The van der Waals surface area contributed by atoms with Gasteiger partial charge in [0.25, 0.3) is 0 Å². The first-order chi connectivity index (χ1) is 12.3. The van der Waals surface area contributed by atoms with Crippen molar-refractivity contribution >= 4 is 0 Å². The molecule has 0 aliphatic carbocycles. The number of hydrogen-bond donors (Lipinski definition) is 0. The van der Waals surface area contributed by atoms with Crippen molar-refractivity contribution in [2.24, 2.45) is 0 Å². The van der Waals surface area contributed by atoms with E-state index in [-0.39, 0.29) is 0 Å². The molecule has 1 aromatic carbocycles. The second-order valence-electron chi connectivity index (χ2n) is 6.73. The molecular weight excluding hydrogens is 312 g/mol. The van der Waals surface area contributed by atoms with Gasteiger partial charge in [-0.3, -0.25) is 9.88 Å². The molecular formula is C20H22N4O. The molecule has 0 saturated carbocycles. The minimum atomic E-state index is 0.537. The van der Waals surface area contributed by atoms with E-state index < -0.39 is 0 Å². The minimum Gasteiger partial charge on any atom is -0.419 e. The second kappa shape index (κ2) is 7.15. The van der Waals surface area contributed by atoms with E-state index in [2.05, 4.69) is 51.3 Å². The number of benzene rings is 1. The lowest BCUT2D eigenvalue weighted by atomic mass is 9.90. The van der Waals surface area contributed by atoms with Gasteiger partial charge in [-0.25, -0.2) is 0 Å². The predicted molar refractivity (Wildman–Crippen MR) is 96.0 cm³/mol. The zero-order valence-corrected chi connectivity index (χ0v) is 14.4. The molecule has 1 aliphatic rings. The van der Waals surface area contributed by atoms with E-state index in [0.29, 0.717) is 24.2 Å². The SMILES string of the molecule is Cc1cccc(C2CCCN(Cc3nnc(-c4cccnc4)o3)C2)c1. The summed E-state index contributed by atoms with van der Waals surface area (Å²) in [6.07, 6.45) is 5.92. The van der Waals surface area contributed by atoms with E-state index in [1.807, 2.05) is 12.1 Å². The van der Waals surface area contributed by atoms with Crippen molar-refractivity contribution in [3.8, 4) is 11.5 Å². The summed E-state index contributed by atoms with van der Waals surface area (Å²) in [5.41, 5.74) is 3.62. The monoisotopic (exact) mass is 334 g/mol. The summed E-state index contributed by atoms with van der Waals surface area (Å²) in [6, 6.07) is 12.7. The molecule has 1 unspecified atom stereocenters. The van der Waals surface area contributed by atoms with Gasteiger partial charge in [-0.05, 0) is 49.9 Å². The quantitative estimate of drug-likeness (QED) is 0.726. The Kier molecular flexibility index (Phi) is 4.57. The number of aryl methyl sites for hydroxylation is 1. The van der Waals surface area contributed by atoms with E-state index in [1.54, 1.807) is 12.4 Å². The Morgan fingerprint density at radius 3 is 3.00 bits per heavy atom. The summed E-state index contributed by atoms with van der Waals surface area (Å²) in [4.78, 5) is 6.51. The van der Waals surface area contributed by atoms with Crippen molar-refractivity contribution in [2.45, 2.75) is 32.2 Å². The standard InChI is InChI=1S/C20H22N4O/c1-15-5-2-6-16(11-15)18-8-4-10-24(13-18)14-19-22-23-20(25-19)17-7-3-9-21-12-17/h2-3,5-7,9,11-12,18H,4,8,10,13-14H2,1H3. The van der Waals surface area contributed by atoms with E-state index in [9.17, 15) is 0 Å². The smallest absolute Gasteiger partial charge is 0.249 e.